The van der Waals surface area contributed by atoms with Gasteiger partial charge in [-0.05, 0) is 13.3 Å². The highest BCUT2D eigenvalue weighted by atomic mass is 19.4. The molecule has 0 aliphatic heterocycles. The number of nitrogens with one attached hydrogen (secondary N) is 1. The highest BCUT2D eigenvalue weighted by Crippen LogP contribution is 2.15. The number of rotatable bonds is 5. The third-order valence-corrected chi connectivity index (χ3v) is 1.88. The topological polar surface area (TPSA) is 29.1 Å². The lowest BCUT2D eigenvalue weighted by Gasteiger charge is -2.14. The van der Waals surface area contributed by atoms with Gasteiger partial charge in [-0.1, -0.05) is 26.2 Å². The van der Waals surface area contributed by atoms with Crippen LogP contribution in [0.4, 0.5) is 13.2 Å². The third kappa shape index (κ3) is 5.83. The molecule has 0 aliphatic carbocycles. The number of amides is 1. The molecule has 1 N–H and O–H groups in total. The van der Waals surface area contributed by atoms with Crippen LogP contribution < -0.4 is 5.32 Å². The number of hydrogen-bond donors (Lipinski definition) is 1. The van der Waals surface area contributed by atoms with Gasteiger partial charge in [0.05, 0.1) is 0 Å². The number of halogens is 3. The minimum Gasteiger partial charge on any atom is -0.346 e. The van der Waals surface area contributed by atoms with Gasteiger partial charge >= 0.3 is 12.1 Å². The fourth-order valence-electron chi connectivity index (χ4n) is 1.08. The number of unbranched alkanes of at least 4 members (excludes halogenated alkanes) is 2. The monoisotopic (exact) mass is 211 g/mol. The number of carbonyl (C=O) groups excluding carboxylic acids is 1. The first-order chi connectivity index (χ1) is 6.38. The van der Waals surface area contributed by atoms with Crippen LogP contribution in [0.2, 0.25) is 0 Å². The molecule has 1 atom stereocenters. The Morgan fingerprint density at radius 2 is 1.93 bits per heavy atom. The summed E-state index contributed by atoms with van der Waals surface area (Å²) in [6.07, 6.45) is -1.34. The minimum absolute atomic E-state index is 0.407. The maximum absolute atomic E-state index is 11.8. The molecule has 0 saturated carbocycles. The average molecular weight is 211 g/mol. The Hall–Kier alpha value is -0.740. The van der Waals surface area contributed by atoms with Crippen molar-refractivity contribution in [3.05, 3.63) is 0 Å². The van der Waals surface area contributed by atoms with E-state index < -0.39 is 18.1 Å². The lowest BCUT2D eigenvalue weighted by atomic mass is 10.1. The zero-order valence-electron chi connectivity index (χ0n) is 8.45. The third-order valence-electron chi connectivity index (χ3n) is 1.88. The molecule has 2 nitrogen and oxygen atoms in total. The van der Waals surface area contributed by atoms with Gasteiger partial charge in [-0.25, -0.2) is 0 Å². The second-order valence-electron chi connectivity index (χ2n) is 3.37. The molecular formula is C9H16F3NO. The maximum atomic E-state index is 11.8. The minimum atomic E-state index is -4.76. The van der Waals surface area contributed by atoms with E-state index in [4.69, 9.17) is 0 Å². The standard InChI is InChI=1S/C9H16F3NO/c1-3-4-5-6-7(2)13-8(14)9(10,11)12/h7H,3-6H2,1-2H3,(H,13,14). The van der Waals surface area contributed by atoms with Gasteiger partial charge in [-0.2, -0.15) is 13.2 Å². The van der Waals surface area contributed by atoms with E-state index >= 15 is 0 Å². The molecule has 0 aliphatic rings. The molecule has 0 heterocycles. The van der Waals surface area contributed by atoms with E-state index in [0.29, 0.717) is 6.42 Å². The van der Waals surface area contributed by atoms with Gasteiger partial charge in [-0.3, -0.25) is 4.79 Å². The number of carbonyl (C=O) groups is 1. The van der Waals surface area contributed by atoms with Crippen molar-refractivity contribution < 1.29 is 18.0 Å². The van der Waals surface area contributed by atoms with Crippen molar-refractivity contribution in [1.29, 1.82) is 0 Å². The van der Waals surface area contributed by atoms with Crippen LogP contribution in [-0.2, 0) is 4.79 Å². The first-order valence-corrected chi connectivity index (χ1v) is 4.75. The second-order valence-corrected chi connectivity index (χ2v) is 3.37. The summed E-state index contributed by atoms with van der Waals surface area (Å²) in [6, 6.07) is -0.407. The Balaban J connectivity index is 3.72. The fourth-order valence-corrected chi connectivity index (χ4v) is 1.08. The average Bonchev–Trinajstić information content (AvgIpc) is 2.03. The van der Waals surface area contributed by atoms with Crippen LogP contribution in [0.25, 0.3) is 0 Å². The predicted molar refractivity (Wildman–Crippen MR) is 47.8 cm³/mol. The van der Waals surface area contributed by atoms with Crippen LogP contribution in [0.3, 0.4) is 0 Å². The summed E-state index contributed by atoms with van der Waals surface area (Å²) >= 11 is 0. The van der Waals surface area contributed by atoms with Crippen molar-refractivity contribution in [3.8, 4) is 0 Å². The smallest absolute Gasteiger partial charge is 0.346 e. The highest BCUT2D eigenvalue weighted by molar-refractivity contribution is 5.81. The first kappa shape index (κ1) is 13.3. The molecule has 14 heavy (non-hydrogen) atoms. The van der Waals surface area contributed by atoms with E-state index in [9.17, 15) is 18.0 Å². The summed E-state index contributed by atoms with van der Waals surface area (Å²) in [5.41, 5.74) is 0. The molecule has 0 spiro atoms. The van der Waals surface area contributed by atoms with Crippen molar-refractivity contribution in [2.24, 2.45) is 0 Å². The molecule has 0 bridgehead atoms. The van der Waals surface area contributed by atoms with Gasteiger partial charge in [0.1, 0.15) is 0 Å². The zero-order chi connectivity index (χ0) is 11.2. The normalized spacial score (nSPS) is 13.8. The van der Waals surface area contributed by atoms with Crippen LogP contribution in [0.1, 0.15) is 39.5 Å². The van der Waals surface area contributed by atoms with Gasteiger partial charge < -0.3 is 5.32 Å². The van der Waals surface area contributed by atoms with Gasteiger partial charge in [-0.15, -0.1) is 0 Å². The predicted octanol–water partition coefficient (Wildman–Crippen LogP) is 2.63. The molecule has 0 aromatic carbocycles. The van der Waals surface area contributed by atoms with E-state index in [1.165, 1.54) is 0 Å². The first-order valence-electron chi connectivity index (χ1n) is 4.75. The van der Waals surface area contributed by atoms with Crippen molar-refractivity contribution >= 4 is 5.91 Å². The summed E-state index contributed by atoms with van der Waals surface area (Å²) in [5, 5.41) is 1.91. The number of alkyl halides is 3. The molecule has 0 saturated heterocycles. The van der Waals surface area contributed by atoms with Crippen LogP contribution in [0.15, 0.2) is 0 Å². The van der Waals surface area contributed by atoms with Gasteiger partial charge in [0, 0.05) is 6.04 Å². The lowest BCUT2D eigenvalue weighted by Crippen LogP contribution is -2.41. The van der Waals surface area contributed by atoms with Crippen molar-refractivity contribution in [2.75, 3.05) is 0 Å². The Bertz CT molecular complexity index is 179. The Morgan fingerprint density at radius 3 is 2.36 bits per heavy atom. The van der Waals surface area contributed by atoms with E-state index in [2.05, 4.69) is 0 Å². The Morgan fingerprint density at radius 1 is 1.36 bits per heavy atom. The largest absolute Gasteiger partial charge is 0.471 e. The van der Waals surface area contributed by atoms with Crippen molar-refractivity contribution in [2.45, 2.75) is 51.7 Å². The lowest BCUT2D eigenvalue weighted by molar-refractivity contribution is -0.174. The Labute approximate surface area is 81.9 Å². The van der Waals surface area contributed by atoms with E-state index in [1.807, 2.05) is 12.2 Å². The SMILES string of the molecule is CCCCCC(C)NC(=O)C(F)(F)F. The van der Waals surface area contributed by atoms with Crippen LogP contribution in [0, 0.1) is 0 Å². The molecule has 1 unspecified atom stereocenters. The summed E-state index contributed by atoms with van der Waals surface area (Å²) in [5.74, 6) is -1.85. The van der Waals surface area contributed by atoms with Gasteiger partial charge in [0.15, 0.2) is 0 Å². The Kier molecular flexibility index (Phi) is 5.57. The summed E-state index contributed by atoms with van der Waals surface area (Å²) in [4.78, 5) is 10.5. The molecule has 0 aromatic rings. The summed E-state index contributed by atoms with van der Waals surface area (Å²) in [6.45, 7) is 3.60. The van der Waals surface area contributed by atoms with Crippen LogP contribution >= 0.6 is 0 Å². The second kappa shape index (κ2) is 5.88. The maximum Gasteiger partial charge on any atom is 0.471 e. The molecule has 84 valence electrons. The van der Waals surface area contributed by atoms with E-state index in [0.717, 1.165) is 19.3 Å². The number of hydrogen-bond acceptors (Lipinski definition) is 1. The molecule has 5 heteroatoms. The van der Waals surface area contributed by atoms with Crippen molar-refractivity contribution in [1.82, 2.24) is 5.32 Å². The molecule has 1 amide bonds. The highest BCUT2D eigenvalue weighted by Gasteiger charge is 2.38. The molecule has 0 radical (unpaired) electrons. The van der Waals surface area contributed by atoms with Crippen LogP contribution in [0.5, 0.6) is 0 Å². The van der Waals surface area contributed by atoms with Crippen molar-refractivity contribution in [3.63, 3.8) is 0 Å². The van der Waals surface area contributed by atoms with Crippen LogP contribution in [-0.4, -0.2) is 18.1 Å². The van der Waals surface area contributed by atoms with Gasteiger partial charge in [0.2, 0.25) is 0 Å². The van der Waals surface area contributed by atoms with E-state index in [1.54, 1.807) is 6.92 Å². The molecule has 0 rings (SSSR count). The molecule has 0 fully saturated rings. The molecular weight excluding hydrogens is 195 g/mol. The summed E-state index contributed by atoms with van der Waals surface area (Å²) in [7, 11) is 0. The van der Waals surface area contributed by atoms with E-state index in [-0.39, 0.29) is 0 Å². The molecule has 0 aromatic heterocycles. The fraction of sp³-hybridized carbons (Fsp3) is 0.889. The quantitative estimate of drug-likeness (QED) is 0.696. The zero-order valence-corrected chi connectivity index (χ0v) is 8.45. The van der Waals surface area contributed by atoms with Gasteiger partial charge in [0.25, 0.3) is 0 Å². The summed E-state index contributed by atoms with van der Waals surface area (Å²) < 4.78 is 35.4.